The van der Waals surface area contributed by atoms with Gasteiger partial charge in [-0.3, -0.25) is 0 Å². The molecule has 1 aliphatic heterocycles. The molecule has 0 spiro atoms. The Kier molecular flexibility index (Phi) is 3.26. The zero-order chi connectivity index (χ0) is 16.7. The number of nitrogens with zero attached hydrogens (tertiary/aromatic N) is 1. The minimum Gasteiger partial charge on any atom is -0.495 e. The number of benzene rings is 2. The molecule has 0 radical (unpaired) electrons. The Balaban J connectivity index is 1.85. The number of rotatable bonds is 3. The molecular formula is C17H15N3O4. The van der Waals surface area contributed by atoms with Gasteiger partial charge in [0.25, 0.3) is 0 Å². The first-order chi connectivity index (χ1) is 11.7. The number of anilines is 1. The Morgan fingerprint density at radius 1 is 1.25 bits per heavy atom. The van der Waals surface area contributed by atoms with E-state index in [4.69, 9.17) is 19.9 Å². The summed E-state index contributed by atoms with van der Waals surface area (Å²) < 4.78 is 16.0. The lowest BCUT2D eigenvalue weighted by Crippen LogP contribution is -2.14. The monoisotopic (exact) mass is 325 g/mol. The third-order valence-electron chi connectivity index (χ3n) is 4.00. The van der Waals surface area contributed by atoms with Gasteiger partial charge in [-0.15, -0.1) is 0 Å². The molecule has 24 heavy (non-hydrogen) atoms. The van der Waals surface area contributed by atoms with Crippen LogP contribution in [0.2, 0.25) is 0 Å². The summed E-state index contributed by atoms with van der Waals surface area (Å²) in [5.41, 5.74) is 8.41. The lowest BCUT2D eigenvalue weighted by atomic mass is 10.0. The first kappa shape index (κ1) is 14.4. The molecule has 0 aliphatic carbocycles. The molecule has 0 amide bonds. The summed E-state index contributed by atoms with van der Waals surface area (Å²) in [6.07, 6.45) is 0.474. The molecule has 2 heterocycles. The van der Waals surface area contributed by atoms with E-state index in [9.17, 15) is 4.79 Å². The van der Waals surface area contributed by atoms with Crippen molar-refractivity contribution in [3.63, 3.8) is 0 Å². The van der Waals surface area contributed by atoms with Gasteiger partial charge >= 0.3 is 5.69 Å². The number of fused-ring (bicyclic) bond motifs is 2. The second kappa shape index (κ2) is 5.45. The van der Waals surface area contributed by atoms with Gasteiger partial charge in [0.2, 0.25) is 6.79 Å². The van der Waals surface area contributed by atoms with E-state index >= 15 is 0 Å². The molecule has 0 saturated carbocycles. The van der Waals surface area contributed by atoms with E-state index in [1.54, 1.807) is 19.2 Å². The van der Waals surface area contributed by atoms with Gasteiger partial charge in [0.1, 0.15) is 5.75 Å². The highest BCUT2D eigenvalue weighted by molar-refractivity contribution is 5.95. The Labute approximate surface area is 137 Å². The predicted octanol–water partition coefficient (Wildman–Crippen LogP) is 1.83. The summed E-state index contributed by atoms with van der Waals surface area (Å²) in [6.45, 7) is 0.220. The lowest BCUT2D eigenvalue weighted by Gasteiger charge is -2.11. The number of nitrogens with one attached hydrogen (secondary N) is 1. The molecule has 1 aromatic heterocycles. The third-order valence-corrected chi connectivity index (χ3v) is 4.00. The van der Waals surface area contributed by atoms with Crippen LogP contribution in [0.25, 0.3) is 10.9 Å². The Morgan fingerprint density at radius 2 is 2.08 bits per heavy atom. The van der Waals surface area contributed by atoms with Crippen molar-refractivity contribution in [2.24, 2.45) is 0 Å². The lowest BCUT2D eigenvalue weighted by molar-refractivity contribution is 0.174. The number of ether oxygens (including phenoxy) is 3. The number of aromatic nitrogens is 2. The number of methoxy groups -OCH3 is 1. The Bertz CT molecular complexity index is 997. The molecule has 7 heteroatoms. The molecule has 0 saturated heterocycles. The average Bonchev–Trinajstić information content (AvgIpc) is 3.02. The number of hydrogen-bond acceptors (Lipinski definition) is 6. The van der Waals surface area contributed by atoms with E-state index in [1.165, 1.54) is 0 Å². The van der Waals surface area contributed by atoms with Crippen molar-refractivity contribution in [1.29, 1.82) is 0 Å². The molecule has 7 nitrogen and oxygen atoms in total. The minimum absolute atomic E-state index is 0.220. The number of aromatic amines is 1. The topological polar surface area (TPSA) is 99.5 Å². The van der Waals surface area contributed by atoms with Gasteiger partial charge in [-0.1, -0.05) is 6.07 Å². The molecule has 0 unspecified atom stereocenters. The van der Waals surface area contributed by atoms with Crippen molar-refractivity contribution in [2.75, 3.05) is 19.6 Å². The van der Waals surface area contributed by atoms with E-state index in [0.29, 0.717) is 46.0 Å². The van der Waals surface area contributed by atoms with Crippen molar-refractivity contribution in [2.45, 2.75) is 6.42 Å². The Hall–Kier alpha value is -3.22. The highest BCUT2D eigenvalue weighted by Crippen LogP contribution is 2.35. The normalized spacial score (nSPS) is 12.5. The quantitative estimate of drug-likeness (QED) is 0.713. The summed E-state index contributed by atoms with van der Waals surface area (Å²) in [6, 6.07) is 9.10. The second-order valence-electron chi connectivity index (χ2n) is 5.46. The van der Waals surface area contributed by atoms with Crippen LogP contribution in [-0.4, -0.2) is 23.9 Å². The molecule has 0 atom stereocenters. The van der Waals surface area contributed by atoms with Gasteiger partial charge in [0.15, 0.2) is 11.5 Å². The number of hydrogen-bond donors (Lipinski definition) is 2. The summed E-state index contributed by atoms with van der Waals surface area (Å²) >= 11 is 0. The van der Waals surface area contributed by atoms with Crippen LogP contribution in [0, 0.1) is 0 Å². The van der Waals surface area contributed by atoms with Gasteiger partial charge < -0.3 is 24.9 Å². The van der Waals surface area contributed by atoms with Crippen LogP contribution >= 0.6 is 0 Å². The van der Waals surface area contributed by atoms with Gasteiger partial charge in [0.05, 0.1) is 18.3 Å². The smallest absolute Gasteiger partial charge is 0.345 e. The first-order valence-electron chi connectivity index (χ1n) is 7.39. The SMILES string of the molecule is COc1ccc2nc(=O)[nH]c(Cc3ccc4c(c3)OCO4)c2c1N. The predicted molar refractivity (Wildman–Crippen MR) is 88.7 cm³/mol. The molecule has 122 valence electrons. The molecule has 0 bridgehead atoms. The highest BCUT2D eigenvalue weighted by Gasteiger charge is 2.16. The van der Waals surface area contributed by atoms with Crippen molar-refractivity contribution in [3.05, 3.63) is 52.1 Å². The zero-order valence-corrected chi connectivity index (χ0v) is 13.0. The maximum Gasteiger partial charge on any atom is 0.345 e. The third kappa shape index (κ3) is 2.30. The van der Waals surface area contributed by atoms with Crippen LogP contribution in [0.15, 0.2) is 35.1 Å². The van der Waals surface area contributed by atoms with Crippen LogP contribution < -0.4 is 25.6 Å². The van der Waals surface area contributed by atoms with Crippen molar-refractivity contribution in [1.82, 2.24) is 9.97 Å². The summed E-state index contributed by atoms with van der Waals surface area (Å²) in [5, 5.41) is 0.687. The summed E-state index contributed by atoms with van der Waals surface area (Å²) in [4.78, 5) is 18.6. The first-order valence-corrected chi connectivity index (χ1v) is 7.39. The molecule has 2 aromatic carbocycles. The van der Waals surface area contributed by atoms with Gasteiger partial charge in [0, 0.05) is 17.5 Å². The van der Waals surface area contributed by atoms with Crippen molar-refractivity contribution >= 4 is 16.6 Å². The van der Waals surface area contributed by atoms with Crippen molar-refractivity contribution in [3.8, 4) is 17.2 Å². The van der Waals surface area contributed by atoms with Crippen molar-refractivity contribution < 1.29 is 14.2 Å². The number of H-pyrrole nitrogens is 1. The fraction of sp³-hybridized carbons (Fsp3) is 0.176. The minimum atomic E-state index is -0.414. The van der Waals surface area contributed by atoms with E-state index in [2.05, 4.69) is 9.97 Å². The number of nitrogen functional groups attached to an aromatic ring is 1. The average molecular weight is 325 g/mol. The zero-order valence-electron chi connectivity index (χ0n) is 13.0. The fourth-order valence-electron chi connectivity index (χ4n) is 2.89. The standard InChI is InChI=1S/C17H15N3O4/c1-22-13-5-3-10-15(16(13)18)11(20-17(21)19-10)6-9-2-4-12-14(7-9)24-8-23-12/h2-5,7H,6,8,18H2,1H3,(H,19,20,21). The van der Waals surface area contributed by atoms with E-state index in [0.717, 1.165) is 5.56 Å². The number of nitrogens with two attached hydrogens (primary N) is 1. The summed E-state index contributed by atoms with van der Waals surface area (Å²) in [7, 11) is 1.55. The van der Waals surface area contributed by atoms with Crippen LogP contribution in [0.5, 0.6) is 17.2 Å². The van der Waals surface area contributed by atoms with E-state index in [-0.39, 0.29) is 6.79 Å². The van der Waals surface area contributed by atoms with E-state index < -0.39 is 5.69 Å². The van der Waals surface area contributed by atoms with Gasteiger partial charge in [-0.05, 0) is 29.8 Å². The molecule has 3 aromatic rings. The molecule has 1 aliphatic rings. The molecule has 3 N–H and O–H groups in total. The van der Waals surface area contributed by atoms with Crippen LogP contribution in [-0.2, 0) is 6.42 Å². The van der Waals surface area contributed by atoms with Crippen LogP contribution in [0.3, 0.4) is 0 Å². The molecule has 0 fully saturated rings. The fourth-order valence-corrected chi connectivity index (χ4v) is 2.89. The highest BCUT2D eigenvalue weighted by atomic mass is 16.7. The van der Waals surface area contributed by atoms with Crippen LogP contribution in [0.4, 0.5) is 5.69 Å². The largest absolute Gasteiger partial charge is 0.495 e. The summed E-state index contributed by atoms with van der Waals surface area (Å²) in [5.74, 6) is 1.95. The Morgan fingerprint density at radius 3 is 2.92 bits per heavy atom. The van der Waals surface area contributed by atoms with E-state index in [1.807, 2.05) is 18.2 Å². The molecular weight excluding hydrogens is 310 g/mol. The van der Waals surface area contributed by atoms with Crippen LogP contribution in [0.1, 0.15) is 11.3 Å². The van der Waals surface area contributed by atoms with Gasteiger partial charge in [-0.2, -0.15) is 4.98 Å². The maximum absolute atomic E-state index is 11.9. The maximum atomic E-state index is 11.9. The molecule has 4 rings (SSSR count). The van der Waals surface area contributed by atoms with Gasteiger partial charge in [-0.25, -0.2) is 4.79 Å². The second-order valence-corrected chi connectivity index (χ2v) is 5.46.